The fraction of sp³-hybridized carbons (Fsp3) is 0.714. The number of aromatic nitrogens is 1. The molecule has 1 fully saturated rings. The van der Waals surface area contributed by atoms with Gasteiger partial charge in [0.05, 0.1) is 6.61 Å². The van der Waals surface area contributed by atoms with Crippen molar-refractivity contribution in [1.82, 2.24) is 9.88 Å². The quantitative estimate of drug-likeness (QED) is 0.797. The molecule has 0 radical (unpaired) electrons. The maximum absolute atomic E-state index is 11.8. The third-order valence-electron chi connectivity index (χ3n) is 3.70. The first kappa shape index (κ1) is 15.3. The molecule has 0 saturated carbocycles. The van der Waals surface area contributed by atoms with E-state index in [1.54, 1.807) is 11.3 Å². The summed E-state index contributed by atoms with van der Waals surface area (Å²) in [4.78, 5) is 21.8. The van der Waals surface area contributed by atoms with Crippen LogP contribution in [0.2, 0.25) is 0 Å². The normalized spacial score (nSPS) is 19.9. The van der Waals surface area contributed by atoms with Crippen LogP contribution in [0.3, 0.4) is 0 Å². The van der Waals surface area contributed by atoms with Crippen LogP contribution in [0, 0.1) is 6.92 Å². The zero-order valence-electron chi connectivity index (χ0n) is 12.7. The van der Waals surface area contributed by atoms with E-state index in [-0.39, 0.29) is 5.97 Å². The number of likely N-dealkylation sites (N-methyl/N-ethyl adjacent to an activating group) is 2. The Morgan fingerprint density at radius 1 is 1.60 bits per heavy atom. The third kappa shape index (κ3) is 3.30. The average molecular weight is 297 g/mol. The van der Waals surface area contributed by atoms with E-state index in [0.29, 0.717) is 18.3 Å². The van der Waals surface area contributed by atoms with Gasteiger partial charge in [0.15, 0.2) is 10.8 Å². The molecule has 1 saturated heterocycles. The number of hydrogen-bond acceptors (Lipinski definition) is 6. The van der Waals surface area contributed by atoms with Crippen molar-refractivity contribution in [2.45, 2.75) is 32.7 Å². The van der Waals surface area contributed by atoms with Gasteiger partial charge in [-0.3, -0.25) is 0 Å². The van der Waals surface area contributed by atoms with Gasteiger partial charge in [0.2, 0.25) is 0 Å². The zero-order valence-corrected chi connectivity index (χ0v) is 13.5. The fourth-order valence-electron chi connectivity index (χ4n) is 2.53. The summed E-state index contributed by atoms with van der Waals surface area (Å²) in [7, 11) is 4.22. The standard InChI is InChI=1S/C14H23N3O2S/c1-5-19-13(18)12-10(2)20-14(15-12)17(4)11-7-6-8-16(3)9-11/h11H,5-9H2,1-4H3. The summed E-state index contributed by atoms with van der Waals surface area (Å²) in [5.74, 6) is -0.318. The molecular weight excluding hydrogens is 274 g/mol. The second kappa shape index (κ2) is 6.54. The molecule has 1 aromatic rings. The summed E-state index contributed by atoms with van der Waals surface area (Å²) < 4.78 is 5.04. The minimum atomic E-state index is -0.318. The molecular formula is C14H23N3O2S. The molecule has 20 heavy (non-hydrogen) atoms. The predicted molar refractivity (Wildman–Crippen MR) is 81.7 cm³/mol. The minimum Gasteiger partial charge on any atom is -0.461 e. The summed E-state index contributed by atoms with van der Waals surface area (Å²) in [6.07, 6.45) is 2.38. The maximum atomic E-state index is 11.8. The van der Waals surface area contributed by atoms with E-state index in [1.807, 2.05) is 13.8 Å². The molecule has 112 valence electrons. The first-order chi connectivity index (χ1) is 9.52. The van der Waals surface area contributed by atoms with Gasteiger partial charge in [-0.2, -0.15) is 0 Å². The number of carbonyl (C=O) groups excluding carboxylic acids is 1. The molecule has 1 aromatic heterocycles. The zero-order chi connectivity index (χ0) is 14.7. The number of nitrogens with zero attached hydrogens (tertiary/aromatic N) is 3. The number of carbonyl (C=O) groups is 1. The second-order valence-electron chi connectivity index (χ2n) is 5.29. The maximum Gasteiger partial charge on any atom is 0.358 e. The van der Waals surface area contributed by atoms with Crippen molar-refractivity contribution >= 4 is 22.4 Å². The molecule has 0 aliphatic carbocycles. The van der Waals surface area contributed by atoms with Gasteiger partial charge >= 0.3 is 5.97 Å². The lowest BCUT2D eigenvalue weighted by Crippen LogP contribution is -2.45. The molecule has 5 nitrogen and oxygen atoms in total. The van der Waals surface area contributed by atoms with Gasteiger partial charge in [-0.15, -0.1) is 11.3 Å². The van der Waals surface area contributed by atoms with Crippen LogP contribution in [-0.4, -0.2) is 55.7 Å². The molecule has 6 heteroatoms. The van der Waals surface area contributed by atoms with Gasteiger partial charge in [-0.1, -0.05) is 0 Å². The van der Waals surface area contributed by atoms with Crippen molar-refractivity contribution in [1.29, 1.82) is 0 Å². The van der Waals surface area contributed by atoms with Gasteiger partial charge in [0.1, 0.15) is 0 Å². The van der Waals surface area contributed by atoms with Crippen molar-refractivity contribution < 1.29 is 9.53 Å². The Balaban J connectivity index is 2.12. The Morgan fingerprint density at radius 2 is 2.35 bits per heavy atom. The molecule has 0 N–H and O–H groups in total. The van der Waals surface area contributed by atoms with Crippen LogP contribution in [0.15, 0.2) is 0 Å². The van der Waals surface area contributed by atoms with Crippen molar-refractivity contribution in [2.75, 3.05) is 38.7 Å². The number of hydrogen-bond donors (Lipinski definition) is 0. The molecule has 2 heterocycles. The molecule has 1 aliphatic heterocycles. The number of thiazole rings is 1. The van der Waals surface area contributed by atoms with Gasteiger partial charge in [0, 0.05) is 24.5 Å². The highest BCUT2D eigenvalue weighted by Crippen LogP contribution is 2.28. The van der Waals surface area contributed by atoms with Crippen molar-refractivity contribution in [3.8, 4) is 0 Å². The van der Waals surface area contributed by atoms with E-state index < -0.39 is 0 Å². The van der Waals surface area contributed by atoms with E-state index in [4.69, 9.17) is 4.74 Å². The summed E-state index contributed by atoms with van der Waals surface area (Å²) in [6, 6.07) is 0.467. The minimum absolute atomic E-state index is 0.318. The number of ether oxygens (including phenoxy) is 1. The lowest BCUT2D eigenvalue weighted by molar-refractivity contribution is 0.0519. The lowest BCUT2D eigenvalue weighted by atomic mass is 10.1. The van der Waals surface area contributed by atoms with E-state index in [2.05, 4.69) is 28.9 Å². The van der Waals surface area contributed by atoms with Crippen LogP contribution < -0.4 is 4.90 Å². The molecule has 0 bridgehead atoms. The van der Waals surface area contributed by atoms with Gasteiger partial charge in [-0.05, 0) is 40.3 Å². The summed E-state index contributed by atoms with van der Waals surface area (Å²) in [5, 5.41) is 0.908. The van der Waals surface area contributed by atoms with Gasteiger partial charge in [0.25, 0.3) is 0 Å². The lowest BCUT2D eigenvalue weighted by Gasteiger charge is -2.35. The Labute approximate surface area is 124 Å². The van der Waals surface area contributed by atoms with E-state index >= 15 is 0 Å². The topological polar surface area (TPSA) is 45.7 Å². The van der Waals surface area contributed by atoms with E-state index in [1.165, 1.54) is 12.8 Å². The highest BCUT2D eigenvalue weighted by atomic mass is 32.1. The molecule has 1 unspecified atom stereocenters. The Hall–Kier alpha value is -1.14. The van der Waals surface area contributed by atoms with Crippen LogP contribution >= 0.6 is 11.3 Å². The van der Waals surface area contributed by atoms with Crippen LogP contribution in [0.5, 0.6) is 0 Å². The first-order valence-corrected chi connectivity index (χ1v) is 7.90. The molecule has 1 atom stereocenters. The summed E-state index contributed by atoms with van der Waals surface area (Å²) in [5.41, 5.74) is 0.461. The van der Waals surface area contributed by atoms with E-state index in [0.717, 1.165) is 23.1 Å². The largest absolute Gasteiger partial charge is 0.461 e. The highest BCUT2D eigenvalue weighted by molar-refractivity contribution is 7.15. The van der Waals surface area contributed by atoms with Crippen LogP contribution in [-0.2, 0) is 4.74 Å². The monoisotopic (exact) mass is 297 g/mol. The van der Waals surface area contributed by atoms with Crippen LogP contribution in [0.1, 0.15) is 35.1 Å². The Kier molecular flexibility index (Phi) is 4.99. The first-order valence-electron chi connectivity index (χ1n) is 7.08. The van der Waals surface area contributed by atoms with Gasteiger partial charge < -0.3 is 14.5 Å². The van der Waals surface area contributed by atoms with Gasteiger partial charge in [-0.25, -0.2) is 9.78 Å². The number of likely N-dealkylation sites (tertiary alicyclic amines) is 1. The average Bonchev–Trinajstić information content (AvgIpc) is 2.80. The second-order valence-corrected chi connectivity index (χ2v) is 6.47. The SMILES string of the molecule is CCOC(=O)c1nc(N(C)C2CCCN(C)C2)sc1C. The Morgan fingerprint density at radius 3 is 3.00 bits per heavy atom. The third-order valence-corrected chi connectivity index (χ3v) is 4.76. The van der Waals surface area contributed by atoms with Crippen molar-refractivity contribution in [3.05, 3.63) is 10.6 Å². The molecule has 0 spiro atoms. The number of anilines is 1. The number of esters is 1. The number of rotatable bonds is 4. The molecule has 0 aromatic carbocycles. The molecule has 0 amide bonds. The smallest absolute Gasteiger partial charge is 0.358 e. The predicted octanol–water partition coefficient (Wildman–Crippen LogP) is 2.16. The highest BCUT2D eigenvalue weighted by Gasteiger charge is 2.25. The molecule has 1 aliphatic rings. The van der Waals surface area contributed by atoms with Crippen LogP contribution in [0.25, 0.3) is 0 Å². The summed E-state index contributed by atoms with van der Waals surface area (Å²) in [6.45, 7) is 6.33. The van der Waals surface area contributed by atoms with E-state index in [9.17, 15) is 4.79 Å². The van der Waals surface area contributed by atoms with Crippen LogP contribution in [0.4, 0.5) is 5.13 Å². The van der Waals surface area contributed by atoms with Crippen molar-refractivity contribution in [3.63, 3.8) is 0 Å². The summed E-state index contributed by atoms with van der Waals surface area (Å²) >= 11 is 1.57. The Bertz CT molecular complexity index is 475. The number of aryl methyl sites for hydroxylation is 1. The van der Waals surface area contributed by atoms with Crippen molar-refractivity contribution in [2.24, 2.45) is 0 Å². The molecule has 2 rings (SSSR count). The fourth-order valence-corrected chi connectivity index (χ4v) is 3.46. The number of piperidine rings is 1.